The monoisotopic (exact) mass is 244 g/mol. The van der Waals surface area contributed by atoms with Crippen molar-refractivity contribution in [2.45, 2.75) is 38.2 Å². The maximum absolute atomic E-state index is 11.6. The fraction of sp³-hybridized carbons (Fsp3) is 0.818. The van der Waals surface area contributed by atoms with Crippen LogP contribution >= 0.6 is 0 Å². The Morgan fingerprint density at radius 2 is 1.94 bits per heavy atom. The van der Waals surface area contributed by atoms with E-state index in [1.54, 1.807) is 11.8 Å². The van der Waals surface area contributed by atoms with Gasteiger partial charge < -0.3 is 20.4 Å². The number of amides is 2. The van der Waals surface area contributed by atoms with Gasteiger partial charge in [0.1, 0.15) is 0 Å². The summed E-state index contributed by atoms with van der Waals surface area (Å²) < 4.78 is 0. The summed E-state index contributed by atoms with van der Waals surface area (Å²) >= 11 is 0. The molecule has 3 N–H and O–H groups in total. The van der Waals surface area contributed by atoms with Gasteiger partial charge in [-0.1, -0.05) is 0 Å². The molecule has 0 aliphatic carbocycles. The molecule has 0 atom stereocenters. The third-order valence-corrected chi connectivity index (χ3v) is 2.97. The Bertz CT molecular complexity index is 281. The number of aliphatic carboxylic acids is 1. The number of piperidine rings is 1. The van der Waals surface area contributed by atoms with E-state index >= 15 is 0 Å². The molecule has 0 aromatic heterocycles. The lowest BCUT2D eigenvalue weighted by atomic mass is 9.94. The number of rotatable bonds is 4. The van der Waals surface area contributed by atoms with Crippen LogP contribution in [-0.2, 0) is 4.79 Å². The van der Waals surface area contributed by atoms with Crippen LogP contribution in [0.25, 0.3) is 0 Å². The van der Waals surface area contributed by atoms with E-state index in [1.165, 1.54) is 0 Å². The van der Waals surface area contributed by atoms with Gasteiger partial charge in [0, 0.05) is 26.1 Å². The molecule has 17 heavy (non-hydrogen) atoms. The molecule has 0 aromatic carbocycles. The first-order chi connectivity index (χ1) is 7.91. The van der Waals surface area contributed by atoms with Crippen LogP contribution in [0.2, 0.25) is 0 Å². The highest BCUT2D eigenvalue weighted by Crippen LogP contribution is 2.20. The number of hydrogen-bond donors (Lipinski definition) is 3. The van der Waals surface area contributed by atoms with Crippen molar-refractivity contribution >= 4 is 12.0 Å². The minimum Gasteiger partial charge on any atom is -0.481 e. The molecule has 0 spiro atoms. The maximum Gasteiger partial charge on any atom is 0.317 e. The Labute approximate surface area is 101 Å². The average Bonchev–Trinajstić information content (AvgIpc) is 2.23. The van der Waals surface area contributed by atoms with Crippen LogP contribution in [0.1, 0.15) is 32.6 Å². The van der Waals surface area contributed by atoms with Crippen molar-refractivity contribution in [2.24, 2.45) is 0 Å². The number of nitrogens with one attached hydrogen (secondary N) is 1. The van der Waals surface area contributed by atoms with E-state index in [9.17, 15) is 14.7 Å². The second-order valence-electron chi connectivity index (χ2n) is 4.71. The summed E-state index contributed by atoms with van der Waals surface area (Å²) in [6.45, 7) is 3.22. The summed E-state index contributed by atoms with van der Waals surface area (Å²) in [5.41, 5.74) is -0.667. The van der Waals surface area contributed by atoms with E-state index in [-0.39, 0.29) is 12.5 Å². The fourth-order valence-corrected chi connectivity index (χ4v) is 1.74. The molecular weight excluding hydrogens is 224 g/mol. The predicted octanol–water partition coefficient (Wildman–Crippen LogP) is 0.408. The van der Waals surface area contributed by atoms with Gasteiger partial charge in [-0.3, -0.25) is 4.79 Å². The Balaban J connectivity index is 2.18. The molecule has 0 radical (unpaired) electrons. The molecular formula is C11H20N2O4. The third-order valence-electron chi connectivity index (χ3n) is 2.97. The highest BCUT2D eigenvalue weighted by Gasteiger charge is 2.29. The number of carboxylic acids is 1. The molecule has 2 amide bonds. The summed E-state index contributed by atoms with van der Waals surface area (Å²) in [6.07, 6.45) is 1.66. The molecule has 0 saturated carbocycles. The maximum atomic E-state index is 11.6. The number of carbonyl (C=O) groups is 2. The molecule has 0 aromatic rings. The van der Waals surface area contributed by atoms with Crippen molar-refractivity contribution in [2.75, 3.05) is 19.6 Å². The highest BCUT2D eigenvalue weighted by atomic mass is 16.4. The van der Waals surface area contributed by atoms with Crippen LogP contribution in [0.3, 0.4) is 0 Å². The Kier molecular flexibility index (Phi) is 4.74. The molecule has 6 heteroatoms. The number of aliphatic hydroxyl groups is 1. The minimum absolute atomic E-state index is 0.0645. The smallest absolute Gasteiger partial charge is 0.317 e. The molecule has 1 aliphatic rings. The van der Waals surface area contributed by atoms with E-state index in [4.69, 9.17) is 5.11 Å². The molecule has 6 nitrogen and oxygen atoms in total. The number of carbonyl (C=O) groups excluding carboxylic acids is 1. The summed E-state index contributed by atoms with van der Waals surface area (Å²) in [4.78, 5) is 23.6. The van der Waals surface area contributed by atoms with Gasteiger partial charge in [-0.25, -0.2) is 4.79 Å². The summed E-state index contributed by atoms with van der Waals surface area (Å²) in [5, 5.41) is 20.8. The minimum atomic E-state index is -0.853. The zero-order chi connectivity index (χ0) is 12.9. The van der Waals surface area contributed by atoms with Crippen molar-refractivity contribution in [3.8, 4) is 0 Å². The lowest BCUT2D eigenvalue weighted by Gasteiger charge is -2.35. The normalized spacial score (nSPS) is 18.8. The molecule has 0 unspecified atom stereocenters. The molecule has 1 saturated heterocycles. The van der Waals surface area contributed by atoms with Crippen LogP contribution in [0.15, 0.2) is 0 Å². The van der Waals surface area contributed by atoms with E-state index in [0.717, 1.165) is 0 Å². The fourth-order valence-electron chi connectivity index (χ4n) is 1.74. The number of carboxylic acid groups (broad SMARTS) is 1. The highest BCUT2D eigenvalue weighted by molar-refractivity contribution is 5.74. The molecule has 98 valence electrons. The average molecular weight is 244 g/mol. The standard InChI is InChI=1S/C11H20N2O4/c1-11(17)4-7-13(8-5-11)10(16)12-6-2-3-9(14)15/h17H,2-8H2,1H3,(H,12,16)(H,14,15). The van der Waals surface area contributed by atoms with Gasteiger partial charge in [0.2, 0.25) is 0 Å². The van der Waals surface area contributed by atoms with Gasteiger partial charge in [0.05, 0.1) is 5.60 Å². The van der Waals surface area contributed by atoms with Crippen LogP contribution in [-0.4, -0.2) is 52.3 Å². The summed E-state index contributed by atoms with van der Waals surface area (Å²) in [6, 6.07) is -0.175. The van der Waals surface area contributed by atoms with Gasteiger partial charge in [0.15, 0.2) is 0 Å². The van der Waals surface area contributed by atoms with Gasteiger partial charge in [-0.05, 0) is 26.2 Å². The van der Waals surface area contributed by atoms with Gasteiger partial charge in [-0.15, -0.1) is 0 Å². The first kappa shape index (κ1) is 13.8. The van der Waals surface area contributed by atoms with E-state index in [1.807, 2.05) is 0 Å². The topological polar surface area (TPSA) is 89.9 Å². The van der Waals surface area contributed by atoms with Crippen LogP contribution in [0.4, 0.5) is 4.79 Å². The van der Waals surface area contributed by atoms with Crippen molar-refractivity contribution < 1.29 is 19.8 Å². The quantitative estimate of drug-likeness (QED) is 0.625. The zero-order valence-corrected chi connectivity index (χ0v) is 10.1. The molecule has 1 rings (SSSR count). The zero-order valence-electron chi connectivity index (χ0n) is 10.1. The van der Waals surface area contributed by atoms with E-state index in [2.05, 4.69) is 5.32 Å². The Morgan fingerprint density at radius 1 is 1.35 bits per heavy atom. The lowest BCUT2D eigenvalue weighted by Crippen LogP contribution is -2.49. The summed E-state index contributed by atoms with van der Waals surface area (Å²) in [5.74, 6) is -0.853. The Morgan fingerprint density at radius 3 is 2.47 bits per heavy atom. The SMILES string of the molecule is CC1(O)CCN(C(=O)NCCCC(=O)O)CC1. The largest absolute Gasteiger partial charge is 0.481 e. The van der Waals surface area contributed by atoms with Crippen molar-refractivity contribution in [1.82, 2.24) is 10.2 Å². The van der Waals surface area contributed by atoms with Crippen molar-refractivity contribution in [3.63, 3.8) is 0 Å². The third kappa shape index (κ3) is 5.04. The van der Waals surface area contributed by atoms with Crippen LogP contribution < -0.4 is 5.32 Å². The van der Waals surface area contributed by atoms with E-state index < -0.39 is 11.6 Å². The van der Waals surface area contributed by atoms with E-state index in [0.29, 0.717) is 38.9 Å². The van der Waals surface area contributed by atoms with Crippen molar-refractivity contribution in [1.29, 1.82) is 0 Å². The van der Waals surface area contributed by atoms with Crippen LogP contribution in [0.5, 0.6) is 0 Å². The molecule has 1 fully saturated rings. The first-order valence-corrected chi connectivity index (χ1v) is 5.88. The second kappa shape index (κ2) is 5.86. The summed E-state index contributed by atoms with van der Waals surface area (Å²) in [7, 11) is 0. The first-order valence-electron chi connectivity index (χ1n) is 5.88. The number of nitrogens with zero attached hydrogens (tertiary/aromatic N) is 1. The molecule has 1 aliphatic heterocycles. The Hall–Kier alpha value is -1.30. The molecule has 0 bridgehead atoms. The van der Waals surface area contributed by atoms with Gasteiger partial charge >= 0.3 is 12.0 Å². The second-order valence-corrected chi connectivity index (χ2v) is 4.71. The van der Waals surface area contributed by atoms with Gasteiger partial charge in [0.25, 0.3) is 0 Å². The number of hydrogen-bond acceptors (Lipinski definition) is 3. The lowest BCUT2D eigenvalue weighted by molar-refractivity contribution is -0.137. The number of urea groups is 1. The van der Waals surface area contributed by atoms with Gasteiger partial charge in [-0.2, -0.15) is 0 Å². The number of likely N-dealkylation sites (tertiary alicyclic amines) is 1. The van der Waals surface area contributed by atoms with Crippen molar-refractivity contribution in [3.05, 3.63) is 0 Å². The molecule has 1 heterocycles. The van der Waals surface area contributed by atoms with Crippen LogP contribution in [0, 0.1) is 0 Å². The predicted molar refractivity (Wildman–Crippen MR) is 61.7 cm³/mol.